The van der Waals surface area contributed by atoms with Crippen molar-refractivity contribution in [3.63, 3.8) is 0 Å². The highest BCUT2D eigenvalue weighted by Gasteiger charge is 2.31. The predicted octanol–water partition coefficient (Wildman–Crippen LogP) is 2.37. The molecule has 0 radical (unpaired) electrons. The Bertz CT molecular complexity index is 744. The maximum atomic E-state index is 13.0. The summed E-state index contributed by atoms with van der Waals surface area (Å²) in [5.41, 5.74) is 1.13. The van der Waals surface area contributed by atoms with Gasteiger partial charge in [0.2, 0.25) is 5.91 Å². The second-order valence-corrected chi connectivity index (χ2v) is 5.58. The van der Waals surface area contributed by atoms with Crippen LogP contribution in [0.2, 0.25) is 0 Å². The topological polar surface area (TPSA) is 58.6 Å². The van der Waals surface area contributed by atoms with Crippen LogP contribution in [0, 0.1) is 5.82 Å². The maximum Gasteiger partial charge on any atom is 0.251 e. The zero-order valence-corrected chi connectivity index (χ0v) is 13.2. The largest absolute Gasteiger partial charge is 0.497 e. The summed E-state index contributed by atoms with van der Waals surface area (Å²) < 4.78 is 18.0. The van der Waals surface area contributed by atoms with Crippen LogP contribution in [0.1, 0.15) is 16.8 Å². The van der Waals surface area contributed by atoms with Crippen molar-refractivity contribution >= 4 is 17.5 Å². The van der Waals surface area contributed by atoms with Crippen LogP contribution in [-0.4, -0.2) is 31.5 Å². The summed E-state index contributed by atoms with van der Waals surface area (Å²) in [6.45, 7) is 0.367. The van der Waals surface area contributed by atoms with E-state index in [0.717, 1.165) is 0 Å². The summed E-state index contributed by atoms with van der Waals surface area (Å²) in [7, 11) is 1.56. The Morgan fingerprint density at radius 3 is 2.46 bits per heavy atom. The standard InChI is InChI=1S/C18H17FN2O3/c1-24-16-8-2-12(3-9-16)18(23)20-14-10-17(22)21(11-14)15-6-4-13(19)5-7-15/h2-9,14H,10-11H2,1H3,(H,20,23). The molecule has 1 saturated heterocycles. The number of halogens is 1. The fourth-order valence-electron chi connectivity index (χ4n) is 2.69. The lowest BCUT2D eigenvalue weighted by atomic mass is 10.2. The number of anilines is 1. The molecule has 1 fully saturated rings. The van der Waals surface area contributed by atoms with Gasteiger partial charge in [0.25, 0.3) is 5.91 Å². The Labute approximate surface area is 139 Å². The summed E-state index contributed by atoms with van der Waals surface area (Å²) in [4.78, 5) is 26.0. The van der Waals surface area contributed by atoms with Crippen molar-refractivity contribution < 1.29 is 18.7 Å². The van der Waals surface area contributed by atoms with Gasteiger partial charge in [0.1, 0.15) is 11.6 Å². The quantitative estimate of drug-likeness (QED) is 0.937. The summed E-state index contributed by atoms with van der Waals surface area (Å²) in [5, 5.41) is 2.86. The molecule has 6 heteroatoms. The number of hydrogen-bond acceptors (Lipinski definition) is 3. The smallest absolute Gasteiger partial charge is 0.251 e. The molecule has 24 heavy (non-hydrogen) atoms. The molecule has 0 aromatic heterocycles. The number of hydrogen-bond donors (Lipinski definition) is 1. The van der Waals surface area contributed by atoms with Crippen molar-refractivity contribution in [1.29, 1.82) is 0 Å². The van der Waals surface area contributed by atoms with Crippen molar-refractivity contribution in [2.24, 2.45) is 0 Å². The van der Waals surface area contributed by atoms with Crippen molar-refractivity contribution in [1.82, 2.24) is 5.32 Å². The van der Waals surface area contributed by atoms with Crippen molar-refractivity contribution in [2.45, 2.75) is 12.5 Å². The number of methoxy groups -OCH3 is 1. The fraction of sp³-hybridized carbons (Fsp3) is 0.222. The third-order valence-electron chi connectivity index (χ3n) is 3.95. The lowest BCUT2D eigenvalue weighted by Crippen LogP contribution is -2.37. The molecule has 1 heterocycles. The van der Waals surface area contributed by atoms with E-state index in [2.05, 4.69) is 5.32 Å². The zero-order chi connectivity index (χ0) is 17.1. The number of carbonyl (C=O) groups is 2. The summed E-state index contributed by atoms with van der Waals surface area (Å²) in [6.07, 6.45) is 0.221. The Kier molecular flexibility index (Phi) is 4.46. The average Bonchev–Trinajstić information content (AvgIpc) is 2.96. The van der Waals surface area contributed by atoms with Gasteiger partial charge in [-0.1, -0.05) is 0 Å². The summed E-state index contributed by atoms with van der Waals surface area (Å²) in [6, 6.07) is 12.2. The van der Waals surface area contributed by atoms with Crippen LogP contribution < -0.4 is 15.0 Å². The van der Waals surface area contributed by atoms with Gasteiger partial charge in [-0.05, 0) is 48.5 Å². The van der Waals surface area contributed by atoms with Crippen molar-refractivity contribution in [2.75, 3.05) is 18.6 Å². The van der Waals surface area contributed by atoms with Gasteiger partial charge in [-0.15, -0.1) is 0 Å². The molecule has 1 atom stereocenters. The minimum atomic E-state index is -0.352. The zero-order valence-electron chi connectivity index (χ0n) is 13.2. The first-order valence-corrected chi connectivity index (χ1v) is 7.57. The van der Waals surface area contributed by atoms with Gasteiger partial charge >= 0.3 is 0 Å². The third kappa shape index (κ3) is 3.37. The Morgan fingerprint density at radius 2 is 1.83 bits per heavy atom. The summed E-state index contributed by atoms with van der Waals surface area (Å²) in [5.74, 6) is -0.0159. The molecule has 1 unspecified atom stereocenters. The fourth-order valence-corrected chi connectivity index (χ4v) is 2.69. The molecular formula is C18H17FN2O3. The number of carbonyl (C=O) groups excluding carboxylic acids is 2. The molecule has 2 aromatic rings. The van der Waals surface area contributed by atoms with Gasteiger partial charge in [-0.3, -0.25) is 9.59 Å². The van der Waals surface area contributed by atoms with E-state index in [1.54, 1.807) is 48.4 Å². The molecule has 1 aliphatic rings. The molecule has 0 bridgehead atoms. The molecule has 0 aliphatic carbocycles. The number of ether oxygens (including phenoxy) is 1. The first-order valence-electron chi connectivity index (χ1n) is 7.57. The number of nitrogens with zero attached hydrogens (tertiary/aromatic N) is 1. The molecule has 3 rings (SSSR count). The van der Waals surface area contributed by atoms with E-state index in [4.69, 9.17) is 4.74 Å². The highest BCUT2D eigenvalue weighted by Crippen LogP contribution is 2.22. The molecular weight excluding hydrogens is 311 g/mol. The average molecular weight is 328 g/mol. The minimum absolute atomic E-state index is 0.0957. The van der Waals surface area contributed by atoms with E-state index in [1.165, 1.54) is 12.1 Å². The molecule has 0 spiro atoms. The molecule has 1 N–H and O–H groups in total. The van der Waals surface area contributed by atoms with Crippen molar-refractivity contribution in [3.8, 4) is 5.75 Å². The Morgan fingerprint density at radius 1 is 1.17 bits per heavy atom. The van der Waals surface area contributed by atoms with E-state index in [-0.39, 0.29) is 30.1 Å². The van der Waals surface area contributed by atoms with Crippen LogP contribution in [0.5, 0.6) is 5.75 Å². The molecule has 0 saturated carbocycles. The van der Waals surface area contributed by atoms with E-state index < -0.39 is 0 Å². The highest BCUT2D eigenvalue weighted by atomic mass is 19.1. The second kappa shape index (κ2) is 6.70. The molecule has 1 aliphatic heterocycles. The van der Waals surface area contributed by atoms with Crippen LogP contribution in [0.3, 0.4) is 0 Å². The minimum Gasteiger partial charge on any atom is -0.497 e. The van der Waals surface area contributed by atoms with Gasteiger partial charge in [0.15, 0.2) is 0 Å². The van der Waals surface area contributed by atoms with Gasteiger partial charge in [-0.25, -0.2) is 4.39 Å². The molecule has 124 valence electrons. The van der Waals surface area contributed by atoms with Gasteiger partial charge in [0, 0.05) is 24.2 Å². The first-order chi connectivity index (χ1) is 11.6. The third-order valence-corrected chi connectivity index (χ3v) is 3.95. The maximum absolute atomic E-state index is 13.0. The van der Waals surface area contributed by atoms with E-state index in [9.17, 15) is 14.0 Å². The van der Waals surface area contributed by atoms with Crippen LogP contribution in [0.15, 0.2) is 48.5 Å². The highest BCUT2D eigenvalue weighted by molar-refractivity contribution is 5.99. The van der Waals surface area contributed by atoms with Gasteiger partial charge in [-0.2, -0.15) is 0 Å². The number of benzene rings is 2. The molecule has 2 amide bonds. The predicted molar refractivity (Wildman–Crippen MR) is 87.6 cm³/mol. The van der Waals surface area contributed by atoms with Gasteiger partial charge < -0.3 is 15.0 Å². The van der Waals surface area contributed by atoms with Gasteiger partial charge in [0.05, 0.1) is 13.2 Å². The molecule has 2 aromatic carbocycles. The number of nitrogens with one attached hydrogen (secondary N) is 1. The first kappa shape index (κ1) is 16.0. The summed E-state index contributed by atoms with van der Waals surface area (Å²) >= 11 is 0. The Hall–Kier alpha value is -2.89. The van der Waals surface area contributed by atoms with E-state index in [0.29, 0.717) is 23.5 Å². The monoisotopic (exact) mass is 328 g/mol. The van der Waals surface area contributed by atoms with Crippen LogP contribution in [0.4, 0.5) is 10.1 Å². The van der Waals surface area contributed by atoms with Crippen LogP contribution in [0.25, 0.3) is 0 Å². The lowest BCUT2D eigenvalue weighted by molar-refractivity contribution is -0.117. The van der Waals surface area contributed by atoms with Crippen LogP contribution in [-0.2, 0) is 4.79 Å². The Balaban J connectivity index is 1.65. The number of rotatable bonds is 4. The van der Waals surface area contributed by atoms with E-state index >= 15 is 0 Å². The van der Waals surface area contributed by atoms with Crippen LogP contribution >= 0.6 is 0 Å². The van der Waals surface area contributed by atoms with Crippen molar-refractivity contribution in [3.05, 3.63) is 59.9 Å². The second-order valence-electron chi connectivity index (χ2n) is 5.58. The normalized spacial score (nSPS) is 17.0. The van der Waals surface area contributed by atoms with E-state index in [1.807, 2.05) is 0 Å². The molecule has 5 nitrogen and oxygen atoms in total. The SMILES string of the molecule is COc1ccc(C(=O)NC2CC(=O)N(c3ccc(F)cc3)C2)cc1. The number of amides is 2. The lowest BCUT2D eigenvalue weighted by Gasteiger charge is -2.17.